The highest BCUT2D eigenvalue weighted by Crippen LogP contribution is 2.24. The van der Waals surface area contributed by atoms with Crippen LogP contribution in [-0.4, -0.2) is 38.2 Å². The first-order chi connectivity index (χ1) is 9.89. The van der Waals surface area contributed by atoms with Gasteiger partial charge in [0.25, 0.3) is 0 Å². The number of ether oxygens (including phenoxy) is 1. The maximum absolute atomic E-state index is 12.0. The zero-order valence-electron chi connectivity index (χ0n) is 11.8. The van der Waals surface area contributed by atoms with Crippen molar-refractivity contribution >= 4 is 16.0 Å². The second-order valence-corrected chi connectivity index (χ2v) is 6.88. The van der Waals surface area contributed by atoms with Crippen molar-refractivity contribution in [2.75, 3.05) is 6.61 Å². The lowest BCUT2D eigenvalue weighted by atomic mass is 9.90. The lowest BCUT2D eigenvalue weighted by Crippen LogP contribution is -2.48. The Bertz CT molecular complexity index is 608. The van der Waals surface area contributed by atoms with Crippen molar-refractivity contribution in [3.8, 4) is 0 Å². The molecule has 0 unspecified atom stereocenters. The van der Waals surface area contributed by atoms with Gasteiger partial charge in [0.05, 0.1) is 17.4 Å². The molecule has 1 aromatic rings. The first-order valence-electron chi connectivity index (χ1n) is 6.83. The standard InChI is InChI=1S/C14H19NO5S/c1-2-20-13-7-12(8-13)15-21(18,19)9-10-4-3-5-11(6-10)14(16)17/h3-6,12-13,15H,2,7-9H2,1H3,(H,16,17). The number of carbonyl (C=O) groups is 1. The third kappa shape index (κ3) is 4.52. The molecule has 0 heterocycles. The summed E-state index contributed by atoms with van der Waals surface area (Å²) in [6.45, 7) is 2.54. The van der Waals surface area contributed by atoms with Crippen LogP contribution >= 0.6 is 0 Å². The van der Waals surface area contributed by atoms with Gasteiger partial charge in [-0.3, -0.25) is 0 Å². The smallest absolute Gasteiger partial charge is 0.335 e. The fourth-order valence-electron chi connectivity index (χ4n) is 2.34. The van der Waals surface area contributed by atoms with Gasteiger partial charge >= 0.3 is 5.97 Å². The lowest BCUT2D eigenvalue weighted by Gasteiger charge is -2.35. The Balaban J connectivity index is 1.92. The molecular weight excluding hydrogens is 294 g/mol. The molecule has 0 aromatic heterocycles. The summed E-state index contributed by atoms with van der Waals surface area (Å²) in [6, 6.07) is 5.88. The Morgan fingerprint density at radius 2 is 2.14 bits per heavy atom. The third-order valence-electron chi connectivity index (χ3n) is 3.37. The van der Waals surface area contributed by atoms with E-state index in [1.807, 2.05) is 6.92 Å². The lowest BCUT2D eigenvalue weighted by molar-refractivity contribution is -0.00476. The van der Waals surface area contributed by atoms with Crippen LogP contribution in [-0.2, 0) is 20.5 Å². The van der Waals surface area contributed by atoms with Gasteiger partial charge < -0.3 is 9.84 Å². The zero-order chi connectivity index (χ0) is 15.5. The summed E-state index contributed by atoms with van der Waals surface area (Å²) in [5, 5.41) is 8.90. The molecule has 0 saturated heterocycles. The maximum atomic E-state index is 12.0. The van der Waals surface area contributed by atoms with Crippen molar-refractivity contribution in [1.29, 1.82) is 0 Å². The Hall–Kier alpha value is -1.44. The van der Waals surface area contributed by atoms with Crippen LogP contribution in [0.2, 0.25) is 0 Å². The Kier molecular flexibility index (Phi) is 4.97. The number of rotatable bonds is 7. The number of benzene rings is 1. The number of hydrogen-bond acceptors (Lipinski definition) is 4. The third-order valence-corrected chi connectivity index (χ3v) is 4.78. The summed E-state index contributed by atoms with van der Waals surface area (Å²) in [4.78, 5) is 10.9. The van der Waals surface area contributed by atoms with Crippen LogP contribution in [0.1, 0.15) is 35.7 Å². The normalized spacial score (nSPS) is 21.8. The minimum atomic E-state index is -3.47. The number of sulfonamides is 1. The molecule has 1 aromatic carbocycles. The second-order valence-electron chi connectivity index (χ2n) is 5.13. The molecule has 0 atom stereocenters. The number of nitrogens with one attached hydrogen (secondary N) is 1. The van der Waals surface area contributed by atoms with Gasteiger partial charge in [0.1, 0.15) is 0 Å². The minimum absolute atomic E-state index is 0.0859. The topological polar surface area (TPSA) is 92.7 Å². The molecule has 1 aliphatic carbocycles. The van der Waals surface area contributed by atoms with Gasteiger partial charge in [-0.1, -0.05) is 12.1 Å². The molecule has 7 heteroatoms. The Labute approximate surface area is 124 Å². The average molecular weight is 313 g/mol. The van der Waals surface area contributed by atoms with Crippen LogP contribution in [0.25, 0.3) is 0 Å². The largest absolute Gasteiger partial charge is 0.478 e. The summed E-state index contributed by atoms with van der Waals surface area (Å²) in [7, 11) is -3.47. The fourth-order valence-corrected chi connectivity index (χ4v) is 3.74. The highest BCUT2D eigenvalue weighted by molar-refractivity contribution is 7.88. The zero-order valence-corrected chi connectivity index (χ0v) is 12.6. The SMILES string of the molecule is CCOC1CC(NS(=O)(=O)Cc2cccc(C(=O)O)c2)C1. The monoisotopic (exact) mass is 313 g/mol. The highest BCUT2D eigenvalue weighted by Gasteiger charge is 2.32. The Morgan fingerprint density at radius 3 is 2.76 bits per heavy atom. The quantitative estimate of drug-likeness (QED) is 0.793. The highest BCUT2D eigenvalue weighted by atomic mass is 32.2. The molecule has 0 bridgehead atoms. The van der Waals surface area contributed by atoms with Crippen LogP contribution in [0.15, 0.2) is 24.3 Å². The summed E-state index contributed by atoms with van der Waals surface area (Å²) < 4.78 is 32.1. The molecule has 2 N–H and O–H groups in total. The van der Waals surface area contributed by atoms with Crippen molar-refractivity contribution in [3.05, 3.63) is 35.4 Å². The molecule has 0 radical (unpaired) electrons. The van der Waals surface area contributed by atoms with E-state index in [-0.39, 0.29) is 23.5 Å². The van der Waals surface area contributed by atoms with E-state index in [2.05, 4.69) is 4.72 Å². The van der Waals surface area contributed by atoms with E-state index in [0.717, 1.165) is 0 Å². The Morgan fingerprint density at radius 1 is 1.43 bits per heavy atom. The molecular formula is C14H19NO5S. The molecule has 116 valence electrons. The average Bonchev–Trinajstić information content (AvgIpc) is 2.36. The van der Waals surface area contributed by atoms with Crippen LogP contribution < -0.4 is 4.72 Å². The van der Waals surface area contributed by atoms with Crippen molar-refractivity contribution in [3.63, 3.8) is 0 Å². The van der Waals surface area contributed by atoms with E-state index in [1.165, 1.54) is 12.1 Å². The summed E-state index contributed by atoms with van der Waals surface area (Å²) in [5.74, 6) is -1.29. The molecule has 0 aliphatic heterocycles. The van der Waals surface area contributed by atoms with Gasteiger partial charge in [-0.25, -0.2) is 17.9 Å². The predicted octanol–water partition coefficient (Wildman–Crippen LogP) is 1.37. The molecule has 1 fully saturated rings. The van der Waals surface area contributed by atoms with Gasteiger partial charge in [-0.2, -0.15) is 0 Å². The van der Waals surface area contributed by atoms with Crippen LogP contribution in [0.4, 0.5) is 0 Å². The molecule has 0 amide bonds. The van der Waals surface area contributed by atoms with E-state index in [0.29, 0.717) is 25.0 Å². The van der Waals surface area contributed by atoms with E-state index in [9.17, 15) is 13.2 Å². The summed E-state index contributed by atoms with van der Waals surface area (Å²) in [5.41, 5.74) is 0.547. The molecule has 6 nitrogen and oxygen atoms in total. The number of aromatic carboxylic acids is 1. The van der Waals surface area contributed by atoms with Crippen LogP contribution in [0.5, 0.6) is 0 Å². The van der Waals surface area contributed by atoms with Gasteiger partial charge in [0, 0.05) is 12.6 Å². The minimum Gasteiger partial charge on any atom is -0.478 e. The molecule has 21 heavy (non-hydrogen) atoms. The van der Waals surface area contributed by atoms with Crippen molar-refractivity contribution in [2.45, 2.75) is 37.7 Å². The number of carboxylic acid groups (broad SMARTS) is 1. The summed E-state index contributed by atoms with van der Waals surface area (Å²) >= 11 is 0. The summed E-state index contributed by atoms with van der Waals surface area (Å²) in [6.07, 6.45) is 1.50. The molecule has 1 aliphatic rings. The number of carboxylic acids is 1. The van der Waals surface area contributed by atoms with Gasteiger partial charge in [-0.15, -0.1) is 0 Å². The maximum Gasteiger partial charge on any atom is 0.335 e. The van der Waals surface area contributed by atoms with Gasteiger partial charge in [-0.05, 0) is 37.5 Å². The molecule has 0 spiro atoms. The van der Waals surface area contributed by atoms with Crippen molar-refractivity contribution < 1.29 is 23.1 Å². The van der Waals surface area contributed by atoms with Gasteiger partial charge in [0.15, 0.2) is 0 Å². The van der Waals surface area contributed by atoms with E-state index >= 15 is 0 Å². The van der Waals surface area contributed by atoms with Gasteiger partial charge in [0.2, 0.25) is 10.0 Å². The molecule has 1 saturated carbocycles. The first kappa shape index (κ1) is 15.9. The van der Waals surface area contributed by atoms with E-state index < -0.39 is 16.0 Å². The first-order valence-corrected chi connectivity index (χ1v) is 8.48. The predicted molar refractivity (Wildman–Crippen MR) is 77.6 cm³/mol. The van der Waals surface area contributed by atoms with Crippen LogP contribution in [0, 0.1) is 0 Å². The van der Waals surface area contributed by atoms with Crippen molar-refractivity contribution in [2.24, 2.45) is 0 Å². The van der Waals surface area contributed by atoms with Crippen LogP contribution in [0.3, 0.4) is 0 Å². The number of hydrogen-bond donors (Lipinski definition) is 2. The molecule has 2 rings (SSSR count). The van der Waals surface area contributed by atoms with E-state index in [4.69, 9.17) is 9.84 Å². The fraction of sp³-hybridized carbons (Fsp3) is 0.500. The van der Waals surface area contributed by atoms with Crippen molar-refractivity contribution in [1.82, 2.24) is 4.72 Å². The second kappa shape index (κ2) is 6.55. The van der Waals surface area contributed by atoms with E-state index in [1.54, 1.807) is 12.1 Å².